The van der Waals surface area contributed by atoms with E-state index in [1.807, 2.05) is 30.3 Å². The summed E-state index contributed by atoms with van der Waals surface area (Å²) in [5.74, 6) is 0.285. The van der Waals surface area contributed by atoms with Crippen molar-refractivity contribution in [3.05, 3.63) is 64.5 Å². The maximum absolute atomic E-state index is 13.6. The zero-order valence-electron chi connectivity index (χ0n) is 18.3. The molecule has 0 aliphatic carbocycles. The van der Waals surface area contributed by atoms with E-state index in [9.17, 15) is 9.59 Å². The van der Waals surface area contributed by atoms with Crippen LogP contribution >= 0.6 is 11.3 Å². The number of benzene rings is 2. The highest BCUT2D eigenvalue weighted by atomic mass is 32.1. The van der Waals surface area contributed by atoms with Gasteiger partial charge in [0.2, 0.25) is 0 Å². The molecule has 166 valence electrons. The van der Waals surface area contributed by atoms with Gasteiger partial charge in [-0.15, -0.1) is 0 Å². The molecule has 0 bridgehead atoms. The first-order chi connectivity index (χ1) is 15.5. The Balaban J connectivity index is 1.76. The Morgan fingerprint density at radius 2 is 1.88 bits per heavy atom. The van der Waals surface area contributed by atoms with Crippen molar-refractivity contribution in [1.82, 2.24) is 9.88 Å². The van der Waals surface area contributed by atoms with E-state index in [-0.39, 0.29) is 5.56 Å². The first-order valence-electron chi connectivity index (χ1n) is 10.6. The molecule has 0 atom stereocenters. The van der Waals surface area contributed by atoms with Gasteiger partial charge in [0.15, 0.2) is 5.13 Å². The Hall–Kier alpha value is -3.23. The van der Waals surface area contributed by atoms with E-state index < -0.39 is 11.5 Å². The fourth-order valence-corrected chi connectivity index (χ4v) is 4.53. The smallest absolute Gasteiger partial charge is 0.349 e. The summed E-state index contributed by atoms with van der Waals surface area (Å²) in [5, 5.41) is 1.24. The summed E-state index contributed by atoms with van der Waals surface area (Å²) in [4.78, 5) is 34.7. The number of carbonyl (C=O) groups excluding carboxylic acids is 1. The number of rotatable bonds is 8. The molecule has 2 aromatic heterocycles. The molecule has 2 heterocycles. The highest BCUT2D eigenvalue weighted by molar-refractivity contribution is 7.22. The van der Waals surface area contributed by atoms with Crippen LogP contribution < -0.4 is 15.3 Å². The van der Waals surface area contributed by atoms with Crippen LogP contribution in [0, 0.1) is 0 Å². The number of nitrogens with zero attached hydrogens (tertiary/aromatic N) is 3. The molecule has 0 spiro atoms. The number of thiazole rings is 1. The van der Waals surface area contributed by atoms with Gasteiger partial charge in [0.05, 0.1) is 17.3 Å². The topological polar surface area (TPSA) is 75.9 Å². The molecule has 2 aromatic carbocycles. The number of ether oxygens (including phenoxy) is 1. The van der Waals surface area contributed by atoms with Gasteiger partial charge in [-0.3, -0.25) is 9.69 Å². The van der Waals surface area contributed by atoms with Crippen LogP contribution in [0.15, 0.2) is 57.7 Å². The largest absolute Gasteiger partial charge is 0.497 e. The first-order valence-corrected chi connectivity index (χ1v) is 11.4. The SMILES string of the molecule is CCN(CC)CCN(C(=O)c1cc2ccccc2oc1=O)c1nc2cc(OC)ccc2s1. The number of fused-ring (bicyclic) bond motifs is 2. The van der Waals surface area contributed by atoms with E-state index in [2.05, 4.69) is 23.7 Å². The highest BCUT2D eigenvalue weighted by Crippen LogP contribution is 2.32. The number of amides is 1. The van der Waals surface area contributed by atoms with Crippen LogP contribution in [0.3, 0.4) is 0 Å². The summed E-state index contributed by atoms with van der Waals surface area (Å²) in [6.45, 7) is 6.97. The van der Waals surface area contributed by atoms with Crippen LogP contribution in [0.25, 0.3) is 21.2 Å². The number of carbonyl (C=O) groups is 1. The Bertz CT molecular complexity index is 1310. The second-order valence-corrected chi connectivity index (χ2v) is 8.31. The molecule has 0 N–H and O–H groups in total. The lowest BCUT2D eigenvalue weighted by Gasteiger charge is -2.24. The number of likely N-dealkylation sites (N-methyl/N-ethyl adjacent to an activating group) is 1. The predicted molar refractivity (Wildman–Crippen MR) is 128 cm³/mol. The number of methoxy groups -OCH3 is 1. The first kappa shape index (κ1) is 22.0. The molecule has 0 unspecified atom stereocenters. The van der Waals surface area contributed by atoms with Gasteiger partial charge in [-0.05, 0) is 37.4 Å². The van der Waals surface area contributed by atoms with Gasteiger partial charge in [-0.25, -0.2) is 9.78 Å². The number of hydrogen-bond acceptors (Lipinski definition) is 7. The van der Waals surface area contributed by atoms with Crippen molar-refractivity contribution in [3.63, 3.8) is 0 Å². The van der Waals surface area contributed by atoms with Crippen molar-refractivity contribution in [3.8, 4) is 5.75 Å². The molecule has 8 heteroatoms. The molecular weight excluding hydrogens is 426 g/mol. The quantitative estimate of drug-likeness (QED) is 0.370. The van der Waals surface area contributed by atoms with E-state index in [0.717, 1.165) is 23.3 Å². The Labute approximate surface area is 189 Å². The minimum Gasteiger partial charge on any atom is -0.497 e. The number of aromatic nitrogens is 1. The standard InChI is InChI=1S/C24H25N3O4S/c1-4-26(5-2)12-13-27(24-25-19-15-17(30-3)10-11-21(19)32-24)22(28)18-14-16-8-6-7-9-20(16)31-23(18)29/h6-11,14-15H,4-5,12-13H2,1-3H3. The molecule has 0 aliphatic rings. The van der Waals surface area contributed by atoms with Crippen molar-refractivity contribution in [1.29, 1.82) is 0 Å². The van der Waals surface area contributed by atoms with Crippen LogP contribution in [0.1, 0.15) is 24.2 Å². The van der Waals surface area contributed by atoms with Gasteiger partial charge in [0.25, 0.3) is 5.91 Å². The van der Waals surface area contributed by atoms with Gasteiger partial charge in [0.1, 0.15) is 16.9 Å². The molecule has 0 aliphatic heterocycles. The Kier molecular flexibility index (Phi) is 6.53. The fourth-order valence-electron chi connectivity index (χ4n) is 3.56. The van der Waals surface area contributed by atoms with E-state index >= 15 is 0 Å². The summed E-state index contributed by atoms with van der Waals surface area (Å²) in [6.07, 6.45) is 0. The summed E-state index contributed by atoms with van der Waals surface area (Å²) in [7, 11) is 1.60. The average Bonchev–Trinajstić information content (AvgIpc) is 3.24. The Morgan fingerprint density at radius 1 is 1.09 bits per heavy atom. The normalized spacial score (nSPS) is 11.4. The fraction of sp³-hybridized carbons (Fsp3) is 0.292. The van der Waals surface area contributed by atoms with Gasteiger partial charge in [0, 0.05) is 24.5 Å². The molecule has 0 saturated carbocycles. The molecule has 4 aromatic rings. The highest BCUT2D eigenvalue weighted by Gasteiger charge is 2.25. The molecular formula is C24H25N3O4S. The van der Waals surface area contributed by atoms with Crippen LogP contribution in [0.4, 0.5) is 5.13 Å². The Morgan fingerprint density at radius 3 is 2.62 bits per heavy atom. The van der Waals surface area contributed by atoms with Crippen molar-refractivity contribution in [2.45, 2.75) is 13.8 Å². The minimum atomic E-state index is -0.649. The van der Waals surface area contributed by atoms with E-state index in [0.29, 0.717) is 34.9 Å². The third-order valence-electron chi connectivity index (χ3n) is 5.47. The third kappa shape index (κ3) is 4.37. The van der Waals surface area contributed by atoms with Crippen LogP contribution in [-0.2, 0) is 0 Å². The lowest BCUT2D eigenvalue weighted by Crippen LogP contribution is -2.40. The van der Waals surface area contributed by atoms with E-state index in [1.165, 1.54) is 11.3 Å². The van der Waals surface area contributed by atoms with Gasteiger partial charge in [-0.2, -0.15) is 0 Å². The third-order valence-corrected chi connectivity index (χ3v) is 6.52. The molecule has 0 radical (unpaired) electrons. The van der Waals surface area contributed by atoms with E-state index in [1.54, 1.807) is 30.2 Å². The van der Waals surface area contributed by atoms with Crippen molar-refractivity contribution in [2.24, 2.45) is 0 Å². The summed E-state index contributed by atoms with van der Waals surface area (Å²) < 4.78 is 11.6. The molecule has 0 saturated heterocycles. The minimum absolute atomic E-state index is 0.0000774. The molecule has 32 heavy (non-hydrogen) atoms. The van der Waals surface area contributed by atoms with Crippen molar-refractivity contribution in [2.75, 3.05) is 38.2 Å². The zero-order chi connectivity index (χ0) is 22.7. The van der Waals surface area contributed by atoms with E-state index in [4.69, 9.17) is 9.15 Å². The van der Waals surface area contributed by atoms with Crippen LogP contribution in [0.5, 0.6) is 5.75 Å². The molecule has 1 amide bonds. The maximum Gasteiger partial charge on any atom is 0.349 e. The van der Waals surface area contributed by atoms with Gasteiger partial charge >= 0.3 is 5.63 Å². The zero-order valence-corrected chi connectivity index (χ0v) is 19.1. The summed E-state index contributed by atoms with van der Waals surface area (Å²) in [5.41, 5.74) is 0.552. The predicted octanol–water partition coefficient (Wildman–Crippen LogP) is 4.40. The number of para-hydroxylation sites is 1. The molecule has 0 fully saturated rings. The lowest BCUT2D eigenvalue weighted by atomic mass is 10.1. The lowest BCUT2D eigenvalue weighted by molar-refractivity contribution is 0.0980. The van der Waals surface area contributed by atoms with Crippen LogP contribution in [-0.4, -0.2) is 49.1 Å². The van der Waals surface area contributed by atoms with Crippen molar-refractivity contribution < 1.29 is 13.9 Å². The van der Waals surface area contributed by atoms with Crippen molar-refractivity contribution >= 4 is 43.6 Å². The van der Waals surface area contributed by atoms with Gasteiger partial charge in [-0.1, -0.05) is 43.4 Å². The van der Waals surface area contributed by atoms with Crippen LogP contribution in [0.2, 0.25) is 0 Å². The number of hydrogen-bond donors (Lipinski definition) is 0. The second-order valence-electron chi connectivity index (χ2n) is 7.30. The molecule has 7 nitrogen and oxygen atoms in total. The number of anilines is 1. The maximum atomic E-state index is 13.6. The summed E-state index contributed by atoms with van der Waals surface area (Å²) >= 11 is 1.41. The second kappa shape index (κ2) is 9.50. The molecule has 4 rings (SSSR count). The summed E-state index contributed by atoms with van der Waals surface area (Å²) in [6, 6.07) is 14.4. The average molecular weight is 452 g/mol. The van der Waals surface area contributed by atoms with Gasteiger partial charge < -0.3 is 14.1 Å². The monoisotopic (exact) mass is 451 g/mol.